The van der Waals surface area contributed by atoms with Crippen molar-refractivity contribution < 1.29 is 19.1 Å². The Labute approximate surface area is 177 Å². The molecule has 30 heavy (non-hydrogen) atoms. The van der Waals surface area contributed by atoms with Gasteiger partial charge in [0.1, 0.15) is 5.75 Å². The molecule has 0 fully saturated rings. The van der Waals surface area contributed by atoms with Gasteiger partial charge in [0.05, 0.1) is 35.9 Å². The maximum atomic E-state index is 12.7. The Kier molecular flexibility index (Phi) is 7.02. The number of hydrogen-bond donors (Lipinski definition) is 1. The van der Waals surface area contributed by atoms with Crippen LogP contribution in [0.4, 0.5) is 5.69 Å². The van der Waals surface area contributed by atoms with Crippen LogP contribution in [0.1, 0.15) is 24.2 Å². The molecule has 156 valence electrons. The Morgan fingerprint density at radius 2 is 1.90 bits per heavy atom. The van der Waals surface area contributed by atoms with Gasteiger partial charge in [0.2, 0.25) is 11.1 Å². The number of hydrogen-bond acceptors (Lipinski definition) is 8. The summed E-state index contributed by atoms with van der Waals surface area (Å²) in [5, 5.41) is 14.4. The zero-order valence-electron chi connectivity index (χ0n) is 16.7. The Morgan fingerprint density at radius 1 is 1.17 bits per heavy atom. The summed E-state index contributed by atoms with van der Waals surface area (Å²) < 4.78 is 11.8. The second-order valence-corrected chi connectivity index (χ2v) is 7.39. The lowest BCUT2D eigenvalue weighted by molar-refractivity contribution is -0.115. The first-order valence-corrected chi connectivity index (χ1v) is 10.1. The first-order valence-electron chi connectivity index (χ1n) is 9.20. The molecule has 0 saturated heterocycles. The summed E-state index contributed by atoms with van der Waals surface area (Å²) in [5.41, 5.74) is 1.41. The number of tetrazole rings is 1. The minimum atomic E-state index is -0.525. The third kappa shape index (κ3) is 4.95. The molecular formula is C20H21N5O4S. The van der Waals surface area contributed by atoms with Crippen molar-refractivity contribution in [2.45, 2.75) is 24.3 Å². The van der Waals surface area contributed by atoms with Crippen molar-refractivity contribution >= 4 is 29.3 Å². The molecule has 1 N–H and O–H groups in total. The molecule has 0 aliphatic rings. The number of benzene rings is 2. The maximum absolute atomic E-state index is 12.7. The van der Waals surface area contributed by atoms with E-state index < -0.39 is 11.2 Å². The van der Waals surface area contributed by atoms with E-state index in [4.69, 9.17) is 9.47 Å². The molecule has 0 aliphatic carbocycles. The summed E-state index contributed by atoms with van der Waals surface area (Å²) in [6.07, 6.45) is 0. The highest BCUT2D eigenvalue weighted by atomic mass is 32.2. The van der Waals surface area contributed by atoms with Crippen LogP contribution in [0.2, 0.25) is 0 Å². The van der Waals surface area contributed by atoms with Gasteiger partial charge < -0.3 is 14.8 Å². The number of carbonyl (C=O) groups is 2. The van der Waals surface area contributed by atoms with Gasteiger partial charge in [-0.25, -0.2) is 4.79 Å². The molecule has 0 unspecified atom stereocenters. The quantitative estimate of drug-likeness (QED) is 0.432. The number of rotatable bonds is 8. The normalized spacial score (nSPS) is 11.6. The molecule has 3 aromatic rings. The van der Waals surface area contributed by atoms with Crippen molar-refractivity contribution in [2.24, 2.45) is 0 Å². The highest BCUT2D eigenvalue weighted by Crippen LogP contribution is 2.25. The summed E-state index contributed by atoms with van der Waals surface area (Å²) in [4.78, 5) is 24.6. The third-order valence-electron chi connectivity index (χ3n) is 4.07. The Bertz CT molecular complexity index is 1020. The van der Waals surface area contributed by atoms with Crippen LogP contribution in [-0.4, -0.2) is 51.1 Å². The zero-order valence-corrected chi connectivity index (χ0v) is 17.5. The number of ether oxygens (including phenoxy) is 2. The fourth-order valence-electron chi connectivity index (χ4n) is 2.59. The van der Waals surface area contributed by atoms with Gasteiger partial charge >= 0.3 is 5.97 Å². The van der Waals surface area contributed by atoms with Gasteiger partial charge in [0, 0.05) is 0 Å². The van der Waals surface area contributed by atoms with Crippen molar-refractivity contribution in [2.75, 3.05) is 19.0 Å². The lowest BCUT2D eigenvalue weighted by Crippen LogP contribution is -2.24. The SMILES string of the molecule is CCOc1ccc(-n2nnnc2S[C@H](C)C(=O)Nc2ccccc2C(=O)OC)cc1. The topological polar surface area (TPSA) is 108 Å². The number of aromatic nitrogens is 4. The summed E-state index contributed by atoms with van der Waals surface area (Å²) in [6, 6.07) is 14.0. The van der Waals surface area contributed by atoms with Crippen LogP contribution in [0.15, 0.2) is 53.7 Å². The van der Waals surface area contributed by atoms with Gasteiger partial charge in [0.25, 0.3) is 0 Å². The molecule has 1 aromatic heterocycles. The van der Waals surface area contributed by atoms with Crippen LogP contribution in [0.5, 0.6) is 5.75 Å². The van der Waals surface area contributed by atoms with Crippen LogP contribution >= 0.6 is 11.8 Å². The van der Waals surface area contributed by atoms with E-state index in [1.165, 1.54) is 18.9 Å². The molecule has 9 nitrogen and oxygen atoms in total. The van der Waals surface area contributed by atoms with E-state index in [2.05, 4.69) is 20.8 Å². The van der Waals surface area contributed by atoms with E-state index in [1.807, 2.05) is 31.2 Å². The van der Waals surface area contributed by atoms with Crippen LogP contribution in [0, 0.1) is 0 Å². The van der Waals surface area contributed by atoms with Gasteiger partial charge in [-0.1, -0.05) is 23.9 Å². The van der Waals surface area contributed by atoms with Crippen molar-refractivity contribution in [1.82, 2.24) is 20.2 Å². The number of para-hydroxylation sites is 1. The first-order chi connectivity index (χ1) is 14.5. The van der Waals surface area contributed by atoms with Crippen molar-refractivity contribution in [3.63, 3.8) is 0 Å². The van der Waals surface area contributed by atoms with E-state index in [1.54, 1.807) is 35.9 Å². The number of thioether (sulfide) groups is 1. The predicted molar refractivity (Wildman–Crippen MR) is 112 cm³/mol. The largest absolute Gasteiger partial charge is 0.494 e. The Balaban J connectivity index is 1.71. The number of methoxy groups -OCH3 is 1. The molecule has 2 aromatic carbocycles. The minimum absolute atomic E-state index is 0.282. The second kappa shape index (κ2) is 9.88. The highest BCUT2D eigenvalue weighted by Gasteiger charge is 2.21. The lowest BCUT2D eigenvalue weighted by atomic mass is 10.2. The monoisotopic (exact) mass is 427 g/mol. The van der Waals surface area contributed by atoms with E-state index in [0.717, 1.165) is 11.4 Å². The summed E-state index contributed by atoms with van der Waals surface area (Å²) in [5.74, 6) is -0.0659. The molecule has 0 bridgehead atoms. The molecule has 10 heteroatoms. The minimum Gasteiger partial charge on any atom is -0.494 e. The van der Waals surface area contributed by atoms with E-state index in [9.17, 15) is 9.59 Å². The molecule has 0 saturated carbocycles. The number of carbonyl (C=O) groups excluding carboxylic acids is 2. The summed E-state index contributed by atoms with van der Waals surface area (Å²) in [6.45, 7) is 4.23. The fourth-order valence-corrected chi connectivity index (χ4v) is 3.40. The van der Waals surface area contributed by atoms with Crippen molar-refractivity contribution in [3.8, 4) is 11.4 Å². The van der Waals surface area contributed by atoms with Crippen LogP contribution < -0.4 is 10.1 Å². The smallest absolute Gasteiger partial charge is 0.339 e. The Morgan fingerprint density at radius 3 is 2.60 bits per heavy atom. The number of anilines is 1. The molecule has 1 amide bonds. The Hall–Kier alpha value is -3.40. The molecule has 0 aliphatic heterocycles. The lowest BCUT2D eigenvalue weighted by Gasteiger charge is -2.13. The maximum Gasteiger partial charge on any atom is 0.339 e. The zero-order chi connectivity index (χ0) is 21.5. The summed E-state index contributed by atoms with van der Waals surface area (Å²) in [7, 11) is 1.29. The number of amides is 1. The molecule has 0 spiro atoms. The number of nitrogens with zero attached hydrogens (tertiary/aromatic N) is 4. The molecule has 3 rings (SSSR count). The van der Waals surface area contributed by atoms with E-state index in [-0.39, 0.29) is 11.5 Å². The van der Waals surface area contributed by atoms with Crippen LogP contribution in [0.25, 0.3) is 5.69 Å². The van der Waals surface area contributed by atoms with Crippen LogP contribution in [-0.2, 0) is 9.53 Å². The van der Waals surface area contributed by atoms with Gasteiger partial charge in [-0.2, -0.15) is 4.68 Å². The van der Waals surface area contributed by atoms with Gasteiger partial charge in [-0.05, 0) is 60.7 Å². The van der Waals surface area contributed by atoms with Crippen molar-refractivity contribution in [1.29, 1.82) is 0 Å². The number of esters is 1. The average molecular weight is 427 g/mol. The van der Waals surface area contributed by atoms with Crippen LogP contribution in [0.3, 0.4) is 0 Å². The standard InChI is InChI=1S/C20H21N5O4S/c1-4-29-15-11-9-14(10-12-15)25-20(22-23-24-25)30-13(2)18(26)21-17-8-6-5-7-16(17)19(27)28-3/h5-13H,4H2,1-3H3,(H,21,26)/t13-/m1/s1. The van der Waals surface area contributed by atoms with E-state index >= 15 is 0 Å². The molecule has 1 atom stereocenters. The van der Waals surface area contributed by atoms with Crippen molar-refractivity contribution in [3.05, 3.63) is 54.1 Å². The first kappa shape index (κ1) is 21.3. The number of nitrogens with one attached hydrogen (secondary N) is 1. The molecule has 1 heterocycles. The van der Waals surface area contributed by atoms with Gasteiger partial charge in [-0.3, -0.25) is 4.79 Å². The van der Waals surface area contributed by atoms with Gasteiger partial charge in [0.15, 0.2) is 0 Å². The predicted octanol–water partition coefficient (Wildman–Crippen LogP) is 2.97. The molecular weight excluding hydrogens is 406 g/mol. The van der Waals surface area contributed by atoms with E-state index in [0.29, 0.717) is 17.5 Å². The van der Waals surface area contributed by atoms with Gasteiger partial charge in [-0.15, -0.1) is 5.10 Å². The molecule has 0 radical (unpaired) electrons. The summed E-state index contributed by atoms with van der Waals surface area (Å²) >= 11 is 1.20. The second-order valence-electron chi connectivity index (χ2n) is 6.09. The fraction of sp³-hybridized carbons (Fsp3) is 0.250. The average Bonchev–Trinajstić information content (AvgIpc) is 3.22. The highest BCUT2D eigenvalue weighted by molar-refractivity contribution is 8.00. The third-order valence-corrected chi connectivity index (χ3v) is 5.11.